The number of thiophene rings is 1. The standard InChI is InChI=1S/C30H33ClO4S/c1-30(2,22-7-5-4-6-8-22)23-13-9-20(10-14-23)11-15-25-21(12-16-26(25)31)18-35-19-24-17-27(34-3)28(36-24)29(32)33/h4-10,12-14,16-17,21,25-26H,11,15,18-19H2,1-3H3,(H,32,33)/t21-,25-,26?/m1/s1. The summed E-state index contributed by atoms with van der Waals surface area (Å²) in [5.41, 5.74) is 3.88. The number of hydrogen-bond donors (Lipinski definition) is 1. The second kappa shape index (κ2) is 11.6. The van der Waals surface area contributed by atoms with Gasteiger partial charge in [0, 0.05) is 16.2 Å². The zero-order valence-electron chi connectivity index (χ0n) is 20.9. The van der Waals surface area contributed by atoms with Gasteiger partial charge in [-0.25, -0.2) is 4.79 Å². The third-order valence-corrected chi connectivity index (χ3v) is 8.70. The van der Waals surface area contributed by atoms with E-state index >= 15 is 0 Å². The van der Waals surface area contributed by atoms with E-state index in [-0.39, 0.29) is 21.6 Å². The molecule has 1 heterocycles. The molecular formula is C30H33ClO4S. The topological polar surface area (TPSA) is 55.8 Å². The average Bonchev–Trinajstić information content (AvgIpc) is 3.46. The lowest BCUT2D eigenvalue weighted by atomic mass is 9.78. The summed E-state index contributed by atoms with van der Waals surface area (Å²) in [7, 11) is 1.48. The predicted octanol–water partition coefficient (Wildman–Crippen LogP) is 7.34. The first-order valence-corrected chi connectivity index (χ1v) is 13.5. The van der Waals surface area contributed by atoms with Crippen molar-refractivity contribution in [3.8, 4) is 5.75 Å². The van der Waals surface area contributed by atoms with E-state index in [9.17, 15) is 9.90 Å². The molecule has 0 amide bonds. The highest BCUT2D eigenvalue weighted by Crippen LogP contribution is 2.36. The molecule has 0 saturated carbocycles. The third kappa shape index (κ3) is 6.03. The third-order valence-electron chi connectivity index (χ3n) is 7.16. The minimum atomic E-state index is -0.983. The molecule has 190 valence electrons. The van der Waals surface area contributed by atoms with Gasteiger partial charge in [0.2, 0.25) is 0 Å². The number of rotatable bonds is 11. The van der Waals surface area contributed by atoms with Crippen molar-refractivity contribution in [2.75, 3.05) is 13.7 Å². The van der Waals surface area contributed by atoms with Gasteiger partial charge in [-0.3, -0.25) is 0 Å². The molecule has 1 N–H and O–H groups in total. The van der Waals surface area contributed by atoms with Crippen molar-refractivity contribution in [2.24, 2.45) is 11.8 Å². The fourth-order valence-corrected chi connectivity index (χ4v) is 6.15. The van der Waals surface area contributed by atoms with E-state index < -0.39 is 5.97 Å². The maximum Gasteiger partial charge on any atom is 0.349 e. The first-order valence-electron chi connectivity index (χ1n) is 12.2. The molecule has 0 radical (unpaired) electrons. The van der Waals surface area contributed by atoms with Crippen LogP contribution < -0.4 is 4.74 Å². The normalized spacial score (nSPS) is 19.5. The number of halogens is 1. The Morgan fingerprint density at radius 2 is 1.75 bits per heavy atom. The lowest BCUT2D eigenvalue weighted by molar-refractivity contribution is 0.0699. The van der Waals surface area contributed by atoms with Crippen LogP contribution in [-0.4, -0.2) is 30.2 Å². The van der Waals surface area contributed by atoms with E-state index in [2.05, 4.69) is 80.6 Å². The lowest BCUT2D eigenvalue weighted by Crippen LogP contribution is -2.21. The summed E-state index contributed by atoms with van der Waals surface area (Å²) in [6.07, 6.45) is 6.17. The van der Waals surface area contributed by atoms with Gasteiger partial charge >= 0.3 is 5.97 Å². The molecule has 0 spiro atoms. The molecule has 0 aliphatic heterocycles. The van der Waals surface area contributed by atoms with Gasteiger partial charge in [0.05, 0.1) is 25.7 Å². The predicted molar refractivity (Wildman–Crippen MR) is 147 cm³/mol. The molecule has 3 aromatic rings. The smallest absolute Gasteiger partial charge is 0.349 e. The van der Waals surface area contributed by atoms with Gasteiger partial charge in [-0.05, 0) is 41.5 Å². The maximum absolute atomic E-state index is 11.3. The molecule has 36 heavy (non-hydrogen) atoms. The van der Waals surface area contributed by atoms with Crippen molar-refractivity contribution in [3.05, 3.63) is 99.3 Å². The second-order valence-corrected chi connectivity index (χ2v) is 11.5. The number of alkyl halides is 1. The Morgan fingerprint density at radius 1 is 1.06 bits per heavy atom. The highest BCUT2D eigenvalue weighted by atomic mass is 35.5. The largest absolute Gasteiger partial charge is 0.495 e. The summed E-state index contributed by atoms with van der Waals surface area (Å²) in [5, 5.41) is 9.29. The van der Waals surface area contributed by atoms with Crippen LogP contribution in [0.25, 0.3) is 0 Å². The Labute approximate surface area is 222 Å². The van der Waals surface area contributed by atoms with Crippen molar-refractivity contribution >= 4 is 28.9 Å². The second-order valence-electron chi connectivity index (χ2n) is 9.81. The fraction of sp³-hybridized carbons (Fsp3) is 0.367. The molecular weight excluding hydrogens is 492 g/mol. The number of carboxylic acids is 1. The minimum Gasteiger partial charge on any atom is -0.495 e. The zero-order chi connectivity index (χ0) is 25.7. The van der Waals surface area contributed by atoms with E-state index in [0.717, 1.165) is 17.7 Å². The monoisotopic (exact) mass is 524 g/mol. The number of carbonyl (C=O) groups is 1. The number of ether oxygens (including phenoxy) is 2. The molecule has 0 saturated heterocycles. The van der Waals surface area contributed by atoms with Crippen LogP contribution >= 0.6 is 22.9 Å². The van der Waals surface area contributed by atoms with Crippen LogP contribution in [0.1, 0.15) is 51.5 Å². The Bertz CT molecular complexity index is 1180. The molecule has 4 nitrogen and oxygen atoms in total. The van der Waals surface area contributed by atoms with Crippen LogP contribution in [0.4, 0.5) is 0 Å². The summed E-state index contributed by atoms with van der Waals surface area (Å²) < 4.78 is 11.1. The van der Waals surface area contributed by atoms with E-state index in [1.807, 2.05) is 0 Å². The van der Waals surface area contributed by atoms with Crippen molar-refractivity contribution in [3.63, 3.8) is 0 Å². The fourth-order valence-electron chi connectivity index (χ4n) is 4.86. The first-order chi connectivity index (χ1) is 17.3. The Hall–Kier alpha value is -2.60. The molecule has 3 atom stereocenters. The van der Waals surface area contributed by atoms with Gasteiger partial charge in [-0.15, -0.1) is 22.9 Å². The van der Waals surface area contributed by atoms with E-state index in [0.29, 0.717) is 24.9 Å². The molecule has 1 aliphatic rings. The number of carboxylic acid groups (broad SMARTS) is 1. The van der Waals surface area contributed by atoms with Crippen molar-refractivity contribution in [1.82, 2.24) is 0 Å². The molecule has 6 heteroatoms. The molecule has 0 bridgehead atoms. The van der Waals surface area contributed by atoms with E-state index in [1.165, 1.54) is 35.1 Å². The van der Waals surface area contributed by atoms with Crippen molar-refractivity contribution < 1.29 is 19.4 Å². The summed E-state index contributed by atoms with van der Waals surface area (Å²) in [6.45, 7) is 5.44. The molecule has 1 unspecified atom stereocenters. The number of aromatic carboxylic acids is 1. The molecule has 2 aromatic carbocycles. The molecule has 4 rings (SSSR count). The van der Waals surface area contributed by atoms with Crippen LogP contribution in [0.15, 0.2) is 72.8 Å². The molecule has 1 aromatic heterocycles. The SMILES string of the molecule is COc1cc(COC[C@H]2C=CC(Cl)[C@@H]2CCc2ccc(C(C)(C)c3ccccc3)cc2)sc1C(=O)O. The van der Waals surface area contributed by atoms with Crippen LogP contribution in [-0.2, 0) is 23.2 Å². The zero-order valence-corrected chi connectivity index (χ0v) is 22.5. The summed E-state index contributed by atoms with van der Waals surface area (Å²) in [6, 6.07) is 21.3. The van der Waals surface area contributed by atoms with Crippen molar-refractivity contribution in [2.45, 2.75) is 44.1 Å². The minimum absolute atomic E-state index is 0.00432. The quantitative estimate of drug-likeness (QED) is 0.210. The number of methoxy groups -OCH3 is 1. The maximum atomic E-state index is 11.3. The summed E-state index contributed by atoms with van der Waals surface area (Å²) >= 11 is 7.83. The van der Waals surface area contributed by atoms with Gasteiger partial charge in [0.15, 0.2) is 4.88 Å². The number of benzene rings is 2. The number of hydrogen-bond acceptors (Lipinski definition) is 4. The van der Waals surface area contributed by atoms with Crippen LogP contribution in [0.5, 0.6) is 5.75 Å². The Kier molecular flexibility index (Phi) is 8.55. The highest BCUT2D eigenvalue weighted by Gasteiger charge is 2.30. The number of allylic oxidation sites excluding steroid dienone is 1. The van der Waals surface area contributed by atoms with Crippen molar-refractivity contribution in [1.29, 1.82) is 0 Å². The van der Waals surface area contributed by atoms with Gasteiger partial charge < -0.3 is 14.6 Å². The molecule has 1 aliphatic carbocycles. The van der Waals surface area contributed by atoms with E-state index in [4.69, 9.17) is 21.1 Å². The van der Waals surface area contributed by atoms with Gasteiger partial charge in [-0.1, -0.05) is 80.6 Å². The van der Waals surface area contributed by atoms with Crippen LogP contribution in [0.2, 0.25) is 0 Å². The van der Waals surface area contributed by atoms with Crippen LogP contribution in [0.3, 0.4) is 0 Å². The van der Waals surface area contributed by atoms with Gasteiger partial charge in [0.25, 0.3) is 0 Å². The Balaban J connectivity index is 1.31. The lowest BCUT2D eigenvalue weighted by Gasteiger charge is -2.26. The summed E-state index contributed by atoms with van der Waals surface area (Å²) in [5.74, 6) is -0.0589. The molecule has 0 fully saturated rings. The van der Waals surface area contributed by atoms with Gasteiger partial charge in [-0.2, -0.15) is 0 Å². The number of aryl methyl sites for hydroxylation is 1. The van der Waals surface area contributed by atoms with Gasteiger partial charge in [0.1, 0.15) is 5.75 Å². The summed E-state index contributed by atoms with van der Waals surface area (Å²) in [4.78, 5) is 12.4. The van der Waals surface area contributed by atoms with E-state index in [1.54, 1.807) is 6.07 Å². The van der Waals surface area contributed by atoms with Crippen LogP contribution in [0, 0.1) is 11.8 Å². The first kappa shape index (κ1) is 26.5. The highest BCUT2D eigenvalue weighted by molar-refractivity contribution is 7.14. The average molecular weight is 525 g/mol. The Morgan fingerprint density at radius 3 is 2.39 bits per heavy atom.